The highest BCUT2D eigenvalue weighted by Crippen LogP contribution is 2.23. The summed E-state index contributed by atoms with van der Waals surface area (Å²) in [6, 6.07) is 8.41. The second-order valence-corrected chi connectivity index (χ2v) is 4.91. The lowest BCUT2D eigenvalue weighted by atomic mass is 9.87. The smallest absolute Gasteiger partial charge is 0.251 e. The predicted octanol–water partition coefficient (Wildman–Crippen LogP) is 1.73. The molecule has 0 spiro atoms. The van der Waals surface area contributed by atoms with Crippen molar-refractivity contribution in [3.05, 3.63) is 29.8 Å². The maximum atomic E-state index is 11.8. The molecule has 4 heteroatoms. The molecule has 0 bridgehead atoms. The maximum Gasteiger partial charge on any atom is 0.251 e. The standard InChI is InChI=1S/C14H21N3O/c1-2-6-16-14(18)10-4-3-5-12(7-10)17-13-8-11(15)9-13/h3-5,7,11,13,17H,2,6,8-9,15H2,1H3,(H,16,18). The van der Waals surface area contributed by atoms with Crippen LogP contribution in [0.5, 0.6) is 0 Å². The molecule has 1 amide bonds. The number of carbonyl (C=O) groups excluding carboxylic acids is 1. The van der Waals surface area contributed by atoms with Gasteiger partial charge in [0.25, 0.3) is 5.91 Å². The number of nitrogens with two attached hydrogens (primary N) is 1. The van der Waals surface area contributed by atoms with Crippen LogP contribution in [0, 0.1) is 0 Å². The highest BCUT2D eigenvalue weighted by molar-refractivity contribution is 5.95. The van der Waals surface area contributed by atoms with Crippen molar-refractivity contribution >= 4 is 11.6 Å². The van der Waals surface area contributed by atoms with Gasteiger partial charge >= 0.3 is 0 Å². The first kappa shape index (κ1) is 12.9. The van der Waals surface area contributed by atoms with E-state index in [1.807, 2.05) is 31.2 Å². The summed E-state index contributed by atoms with van der Waals surface area (Å²) >= 11 is 0. The summed E-state index contributed by atoms with van der Waals surface area (Å²) in [5.41, 5.74) is 7.45. The van der Waals surface area contributed by atoms with Crippen LogP contribution >= 0.6 is 0 Å². The zero-order valence-electron chi connectivity index (χ0n) is 10.8. The van der Waals surface area contributed by atoms with Crippen LogP contribution in [0.2, 0.25) is 0 Å². The molecule has 2 rings (SSSR count). The quantitative estimate of drug-likeness (QED) is 0.742. The molecule has 0 aliphatic heterocycles. The molecule has 4 N–H and O–H groups in total. The third kappa shape index (κ3) is 3.23. The number of benzene rings is 1. The summed E-state index contributed by atoms with van der Waals surface area (Å²) < 4.78 is 0. The Kier molecular flexibility index (Phi) is 4.20. The fraction of sp³-hybridized carbons (Fsp3) is 0.500. The molecule has 1 aromatic carbocycles. The molecule has 0 radical (unpaired) electrons. The summed E-state index contributed by atoms with van der Waals surface area (Å²) in [6.07, 6.45) is 2.96. The number of nitrogens with one attached hydrogen (secondary N) is 2. The Balaban J connectivity index is 1.94. The number of rotatable bonds is 5. The number of hydrogen-bond acceptors (Lipinski definition) is 3. The fourth-order valence-corrected chi connectivity index (χ4v) is 2.11. The van der Waals surface area contributed by atoms with E-state index in [-0.39, 0.29) is 5.91 Å². The molecular formula is C14H21N3O. The highest BCUT2D eigenvalue weighted by atomic mass is 16.1. The van der Waals surface area contributed by atoms with Gasteiger partial charge < -0.3 is 16.4 Å². The summed E-state index contributed by atoms with van der Waals surface area (Å²) in [5.74, 6) is -0.00851. The van der Waals surface area contributed by atoms with Crippen LogP contribution in [-0.4, -0.2) is 24.5 Å². The van der Waals surface area contributed by atoms with Crippen molar-refractivity contribution in [1.29, 1.82) is 0 Å². The van der Waals surface area contributed by atoms with Gasteiger partial charge in [0.15, 0.2) is 0 Å². The second-order valence-electron chi connectivity index (χ2n) is 4.91. The average molecular weight is 247 g/mol. The van der Waals surface area contributed by atoms with Crippen molar-refractivity contribution in [2.45, 2.75) is 38.3 Å². The zero-order valence-corrected chi connectivity index (χ0v) is 10.8. The summed E-state index contributed by atoms with van der Waals surface area (Å²) in [4.78, 5) is 11.8. The van der Waals surface area contributed by atoms with Crippen LogP contribution in [0.4, 0.5) is 5.69 Å². The predicted molar refractivity (Wildman–Crippen MR) is 73.7 cm³/mol. The van der Waals surface area contributed by atoms with Crippen molar-refractivity contribution in [3.8, 4) is 0 Å². The Morgan fingerprint density at radius 3 is 2.89 bits per heavy atom. The van der Waals surface area contributed by atoms with E-state index in [4.69, 9.17) is 5.73 Å². The van der Waals surface area contributed by atoms with Gasteiger partial charge in [0.2, 0.25) is 0 Å². The maximum absolute atomic E-state index is 11.8. The first-order valence-electron chi connectivity index (χ1n) is 6.59. The van der Waals surface area contributed by atoms with E-state index in [2.05, 4.69) is 10.6 Å². The number of amides is 1. The Labute approximate surface area is 108 Å². The van der Waals surface area contributed by atoms with Crippen LogP contribution < -0.4 is 16.4 Å². The molecular weight excluding hydrogens is 226 g/mol. The molecule has 98 valence electrons. The minimum Gasteiger partial charge on any atom is -0.382 e. The molecule has 1 aliphatic rings. The van der Waals surface area contributed by atoms with E-state index in [1.165, 1.54) is 0 Å². The molecule has 1 fully saturated rings. The van der Waals surface area contributed by atoms with Crippen molar-refractivity contribution in [3.63, 3.8) is 0 Å². The van der Waals surface area contributed by atoms with Gasteiger partial charge in [-0.2, -0.15) is 0 Å². The van der Waals surface area contributed by atoms with Crippen LogP contribution in [0.3, 0.4) is 0 Å². The lowest BCUT2D eigenvalue weighted by molar-refractivity contribution is 0.0953. The van der Waals surface area contributed by atoms with Crippen molar-refractivity contribution < 1.29 is 4.79 Å². The topological polar surface area (TPSA) is 67.2 Å². The van der Waals surface area contributed by atoms with E-state index >= 15 is 0 Å². The molecule has 18 heavy (non-hydrogen) atoms. The van der Waals surface area contributed by atoms with Gasteiger partial charge in [-0.1, -0.05) is 13.0 Å². The first-order valence-corrected chi connectivity index (χ1v) is 6.59. The van der Waals surface area contributed by atoms with Crippen molar-refractivity contribution in [1.82, 2.24) is 5.32 Å². The van der Waals surface area contributed by atoms with Gasteiger partial charge in [-0.3, -0.25) is 4.79 Å². The monoisotopic (exact) mass is 247 g/mol. The summed E-state index contributed by atoms with van der Waals surface area (Å²) in [6.45, 7) is 2.76. The van der Waals surface area contributed by atoms with E-state index in [1.54, 1.807) is 0 Å². The Morgan fingerprint density at radius 2 is 2.22 bits per heavy atom. The molecule has 0 saturated heterocycles. The van der Waals surface area contributed by atoms with Gasteiger partial charge in [-0.15, -0.1) is 0 Å². The average Bonchev–Trinajstić information content (AvgIpc) is 2.34. The Hall–Kier alpha value is -1.55. The molecule has 1 aromatic rings. The normalized spacial score (nSPS) is 22.1. The molecule has 0 atom stereocenters. The molecule has 0 heterocycles. The molecule has 0 aromatic heterocycles. The van der Waals surface area contributed by atoms with Crippen LogP contribution in [0.1, 0.15) is 36.5 Å². The second kappa shape index (κ2) is 5.87. The Bertz CT molecular complexity index is 413. The summed E-state index contributed by atoms with van der Waals surface area (Å²) in [7, 11) is 0. The van der Waals surface area contributed by atoms with E-state index in [0.29, 0.717) is 24.2 Å². The van der Waals surface area contributed by atoms with Crippen molar-refractivity contribution in [2.24, 2.45) is 5.73 Å². The van der Waals surface area contributed by atoms with E-state index in [0.717, 1.165) is 24.9 Å². The lowest BCUT2D eigenvalue weighted by Crippen LogP contribution is -2.44. The van der Waals surface area contributed by atoms with E-state index in [9.17, 15) is 4.79 Å². The van der Waals surface area contributed by atoms with Crippen LogP contribution in [-0.2, 0) is 0 Å². The summed E-state index contributed by atoms with van der Waals surface area (Å²) in [5, 5.41) is 6.28. The van der Waals surface area contributed by atoms with Gasteiger partial charge in [0.05, 0.1) is 0 Å². The van der Waals surface area contributed by atoms with Gasteiger partial charge in [0, 0.05) is 29.9 Å². The van der Waals surface area contributed by atoms with E-state index < -0.39 is 0 Å². The largest absolute Gasteiger partial charge is 0.382 e. The Morgan fingerprint density at radius 1 is 1.44 bits per heavy atom. The van der Waals surface area contributed by atoms with Crippen molar-refractivity contribution in [2.75, 3.05) is 11.9 Å². The molecule has 1 aliphatic carbocycles. The van der Waals surface area contributed by atoms with Gasteiger partial charge in [-0.05, 0) is 37.5 Å². The lowest BCUT2D eigenvalue weighted by Gasteiger charge is -2.33. The van der Waals surface area contributed by atoms with Crippen LogP contribution in [0.25, 0.3) is 0 Å². The highest BCUT2D eigenvalue weighted by Gasteiger charge is 2.25. The minimum absolute atomic E-state index is 0.00851. The number of anilines is 1. The zero-order chi connectivity index (χ0) is 13.0. The van der Waals surface area contributed by atoms with Gasteiger partial charge in [0.1, 0.15) is 0 Å². The SMILES string of the molecule is CCCNC(=O)c1cccc(NC2CC(N)C2)c1. The molecule has 4 nitrogen and oxygen atoms in total. The number of hydrogen-bond donors (Lipinski definition) is 3. The minimum atomic E-state index is -0.00851. The number of carbonyl (C=O) groups is 1. The fourth-order valence-electron chi connectivity index (χ4n) is 2.11. The molecule has 0 unspecified atom stereocenters. The molecule has 1 saturated carbocycles. The van der Waals surface area contributed by atoms with Gasteiger partial charge in [-0.25, -0.2) is 0 Å². The first-order chi connectivity index (χ1) is 8.69. The third-order valence-electron chi connectivity index (χ3n) is 3.21. The van der Waals surface area contributed by atoms with Crippen LogP contribution in [0.15, 0.2) is 24.3 Å². The third-order valence-corrected chi connectivity index (χ3v) is 3.21.